The molecule has 5 heteroatoms. The molecule has 1 aromatic heterocycles. The molecule has 0 radical (unpaired) electrons. The third kappa shape index (κ3) is 3.76. The summed E-state index contributed by atoms with van der Waals surface area (Å²) in [4.78, 5) is 28.3. The molecular formula is C24H22N2O3. The molecule has 3 aromatic rings. The Labute approximate surface area is 169 Å². The summed E-state index contributed by atoms with van der Waals surface area (Å²) in [5, 5.41) is 2.99. The second kappa shape index (κ2) is 7.51. The van der Waals surface area contributed by atoms with Crippen molar-refractivity contribution in [3.8, 4) is 17.0 Å². The van der Waals surface area contributed by atoms with Gasteiger partial charge in [0.1, 0.15) is 11.6 Å². The highest BCUT2D eigenvalue weighted by Gasteiger charge is 2.51. The quantitative estimate of drug-likeness (QED) is 0.630. The van der Waals surface area contributed by atoms with Crippen LogP contribution in [0.4, 0.5) is 5.82 Å². The van der Waals surface area contributed by atoms with Gasteiger partial charge >= 0.3 is 0 Å². The predicted octanol–water partition coefficient (Wildman–Crippen LogP) is 4.57. The first kappa shape index (κ1) is 18.9. The van der Waals surface area contributed by atoms with Crippen LogP contribution in [0.3, 0.4) is 0 Å². The Morgan fingerprint density at radius 2 is 1.83 bits per heavy atom. The molecule has 0 saturated heterocycles. The molecule has 146 valence electrons. The standard InChI is InChI=1S/C24H22N2O3/c1-16-6-8-18(9-7-16)20-4-3-5-22(25-20)26-23(28)24(12-13-24)19-10-11-21(29-15-27)17(2)14-19/h3-11,14-15H,12-13H2,1-2H3,(H,25,26,28). The van der Waals surface area contributed by atoms with Gasteiger partial charge in [0.15, 0.2) is 0 Å². The van der Waals surface area contributed by atoms with Crippen LogP contribution >= 0.6 is 0 Å². The van der Waals surface area contributed by atoms with Crippen molar-refractivity contribution < 1.29 is 14.3 Å². The lowest BCUT2D eigenvalue weighted by Gasteiger charge is -2.17. The number of nitrogens with zero attached hydrogens (tertiary/aromatic N) is 1. The van der Waals surface area contributed by atoms with Gasteiger partial charge in [-0.05, 0) is 56.0 Å². The SMILES string of the molecule is Cc1ccc(-c2cccc(NC(=O)C3(c4ccc(OC=O)c(C)c4)CC3)n2)cc1. The molecule has 0 unspecified atom stereocenters. The maximum atomic E-state index is 13.1. The van der Waals surface area contributed by atoms with E-state index < -0.39 is 5.41 Å². The minimum Gasteiger partial charge on any atom is -0.428 e. The van der Waals surface area contributed by atoms with E-state index in [1.54, 1.807) is 12.1 Å². The Bertz CT molecular complexity index is 1070. The van der Waals surface area contributed by atoms with Crippen LogP contribution in [0.5, 0.6) is 5.75 Å². The van der Waals surface area contributed by atoms with Crippen LogP contribution in [-0.2, 0) is 15.0 Å². The minimum atomic E-state index is -0.550. The van der Waals surface area contributed by atoms with E-state index in [1.807, 2.05) is 62.4 Å². The Balaban J connectivity index is 1.55. The Morgan fingerprint density at radius 1 is 1.07 bits per heavy atom. The summed E-state index contributed by atoms with van der Waals surface area (Å²) in [5.41, 5.74) is 4.22. The van der Waals surface area contributed by atoms with Crippen LogP contribution < -0.4 is 10.1 Å². The molecule has 1 aliphatic carbocycles. The fourth-order valence-corrected chi connectivity index (χ4v) is 3.53. The number of aryl methyl sites for hydroxylation is 2. The molecule has 1 amide bonds. The highest BCUT2D eigenvalue weighted by molar-refractivity contribution is 6.01. The molecule has 1 aliphatic rings. The van der Waals surface area contributed by atoms with Crippen LogP contribution in [0.15, 0.2) is 60.7 Å². The van der Waals surface area contributed by atoms with Crippen LogP contribution in [0.1, 0.15) is 29.5 Å². The van der Waals surface area contributed by atoms with Crippen molar-refractivity contribution in [2.75, 3.05) is 5.32 Å². The molecule has 1 fully saturated rings. The normalized spacial score (nSPS) is 14.1. The van der Waals surface area contributed by atoms with Crippen molar-refractivity contribution in [2.45, 2.75) is 32.1 Å². The largest absolute Gasteiger partial charge is 0.428 e. The zero-order chi connectivity index (χ0) is 20.4. The number of hydrogen-bond acceptors (Lipinski definition) is 4. The summed E-state index contributed by atoms with van der Waals surface area (Å²) in [7, 11) is 0. The fraction of sp³-hybridized carbons (Fsp3) is 0.208. The van der Waals surface area contributed by atoms with Crippen molar-refractivity contribution in [1.82, 2.24) is 4.98 Å². The summed E-state index contributed by atoms with van der Waals surface area (Å²) < 4.78 is 4.95. The first-order valence-electron chi connectivity index (χ1n) is 9.59. The van der Waals surface area contributed by atoms with Gasteiger partial charge in [0.25, 0.3) is 6.47 Å². The average molecular weight is 386 g/mol. The first-order chi connectivity index (χ1) is 14.0. The molecule has 1 saturated carbocycles. The molecule has 29 heavy (non-hydrogen) atoms. The topological polar surface area (TPSA) is 68.3 Å². The van der Waals surface area contributed by atoms with E-state index in [2.05, 4.69) is 10.3 Å². The van der Waals surface area contributed by atoms with Gasteiger partial charge in [-0.25, -0.2) is 4.98 Å². The van der Waals surface area contributed by atoms with Crippen LogP contribution in [0, 0.1) is 13.8 Å². The second-order valence-electron chi connectivity index (χ2n) is 7.50. The second-order valence-corrected chi connectivity index (χ2v) is 7.50. The number of ether oxygens (including phenoxy) is 1. The molecule has 1 N–H and O–H groups in total. The number of carbonyl (C=O) groups is 2. The summed E-state index contributed by atoms with van der Waals surface area (Å²) in [6, 6.07) is 19.3. The lowest BCUT2D eigenvalue weighted by molar-refractivity contribution is -0.121. The maximum absolute atomic E-state index is 13.1. The number of amides is 1. The lowest BCUT2D eigenvalue weighted by Crippen LogP contribution is -2.28. The van der Waals surface area contributed by atoms with Crippen molar-refractivity contribution in [1.29, 1.82) is 0 Å². The monoisotopic (exact) mass is 386 g/mol. The van der Waals surface area contributed by atoms with Crippen LogP contribution in [-0.4, -0.2) is 17.4 Å². The minimum absolute atomic E-state index is 0.0606. The van der Waals surface area contributed by atoms with Gasteiger partial charge in [0.05, 0.1) is 11.1 Å². The van der Waals surface area contributed by atoms with E-state index in [9.17, 15) is 9.59 Å². The van der Waals surface area contributed by atoms with E-state index in [0.717, 1.165) is 35.2 Å². The number of pyridine rings is 1. The molecule has 1 heterocycles. The van der Waals surface area contributed by atoms with E-state index in [0.29, 0.717) is 18.0 Å². The maximum Gasteiger partial charge on any atom is 0.298 e. The molecule has 0 aliphatic heterocycles. The number of anilines is 1. The van der Waals surface area contributed by atoms with E-state index in [-0.39, 0.29) is 5.91 Å². The number of carbonyl (C=O) groups excluding carboxylic acids is 2. The van der Waals surface area contributed by atoms with E-state index in [4.69, 9.17) is 4.74 Å². The van der Waals surface area contributed by atoms with E-state index >= 15 is 0 Å². The van der Waals surface area contributed by atoms with Gasteiger partial charge in [-0.3, -0.25) is 9.59 Å². The van der Waals surface area contributed by atoms with Gasteiger partial charge in [-0.1, -0.05) is 48.0 Å². The summed E-state index contributed by atoms with van der Waals surface area (Å²) >= 11 is 0. The van der Waals surface area contributed by atoms with Gasteiger partial charge in [0.2, 0.25) is 5.91 Å². The highest BCUT2D eigenvalue weighted by Crippen LogP contribution is 2.49. The number of hydrogen-bond donors (Lipinski definition) is 1. The summed E-state index contributed by atoms with van der Waals surface area (Å²) in [5.74, 6) is 0.985. The Kier molecular flexibility index (Phi) is 4.89. The molecule has 0 bridgehead atoms. The highest BCUT2D eigenvalue weighted by atomic mass is 16.5. The van der Waals surface area contributed by atoms with Crippen molar-refractivity contribution in [3.05, 3.63) is 77.4 Å². The summed E-state index contributed by atoms with van der Waals surface area (Å²) in [6.07, 6.45) is 1.56. The number of rotatable bonds is 6. The smallest absolute Gasteiger partial charge is 0.298 e. The Morgan fingerprint density at radius 3 is 2.48 bits per heavy atom. The lowest BCUT2D eigenvalue weighted by atomic mass is 9.93. The predicted molar refractivity (Wildman–Crippen MR) is 112 cm³/mol. The molecule has 0 spiro atoms. The third-order valence-corrected chi connectivity index (χ3v) is 5.43. The van der Waals surface area contributed by atoms with Gasteiger partial charge in [0, 0.05) is 5.56 Å². The molecule has 2 aromatic carbocycles. The zero-order valence-electron chi connectivity index (χ0n) is 16.4. The van der Waals surface area contributed by atoms with Gasteiger partial charge in [-0.15, -0.1) is 0 Å². The average Bonchev–Trinajstić information content (AvgIpc) is 3.53. The molecular weight excluding hydrogens is 364 g/mol. The number of aromatic nitrogens is 1. The van der Waals surface area contributed by atoms with Crippen LogP contribution in [0.25, 0.3) is 11.3 Å². The van der Waals surface area contributed by atoms with E-state index in [1.165, 1.54) is 5.56 Å². The van der Waals surface area contributed by atoms with Crippen molar-refractivity contribution in [2.24, 2.45) is 0 Å². The third-order valence-electron chi connectivity index (χ3n) is 5.43. The number of benzene rings is 2. The zero-order valence-corrected chi connectivity index (χ0v) is 16.4. The molecule has 5 nitrogen and oxygen atoms in total. The fourth-order valence-electron chi connectivity index (χ4n) is 3.53. The molecule has 4 rings (SSSR count). The number of nitrogens with one attached hydrogen (secondary N) is 1. The van der Waals surface area contributed by atoms with Crippen LogP contribution in [0.2, 0.25) is 0 Å². The van der Waals surface area contributed by atoms with Crippen molar-refractivity contribution >= 4 is 18.2 Å². The summed E-state index contributed by atoms with van der Waals surface area (Å²) in [6.45, 7) is 4.32. The molecule has 0 atom stereocenters. The first-order valence-corrected chi connectivity index (χ1v) is 9.59. The van der Waals surface area contributed by atoms with Gasteiger partial charge < -0.3 is 10.1 Å². The van der Waals surface area contributed by atoms with Gasteiger partial charge in [-0.2, -0.15) is 0 Å². The van der Waals surface area contributed by atoms with Crippen molar-refractivity contribution in [3.63, 3.8) is 0 Å². The Hall–Kier alpha value is -3.47.